The number of hydrogen-bond donors (Lipinski definition) is 3. The Hall–Kier alpha value is -3.13. The minimum Gasteiger partial charge on any atom is -0.496 e. The van der Waals surface area contributed by atoms with Crippen LogP contribution in [0.3, 0.4) is 0 Å². The highest BCUT2D eigenvalue weighted by molar-refractivity contribution is 5.96. The van der Waals surface area contributed by atoms with Crippen LogP contribution >= 0.6 is 0 Å². The van der Waals surface area contributed by atoms with Gasteiger partial charge >= 0.3 is 0 Å². The molecule has 1 saturated heterocycles. The molecule has 0 spiro atoms. The van der Waals surface area contributed by atoms with Crippen molar-refractivity contribution >= 4 is 17.5 Å². The van der Waals surface area contributed by atoms with Crippen molar-refractivity contribution in [1.29, 1.82) is 0 Å². The molecule has 0 saturated carbocycles. The fourth-order valence-corrected chi connectivity index (χ4v) is 4.99. The molecule has 0 aliphatic carbocycles. The Balaban J connectivity index is 1.36. The number of H-pyrrole nitrogens is 1. The summed E-state index contributed by atoms with van der Waals surface area (Å²) in [5, 5.41) is 6.71. The lowest BCUT2D eigenvalue weighted by atomic mass is 9.95. The number of methoxy groups -OCH3 is 1. The van der Waals surface area contributed by atoms with E-state index in [1.807, 2.05) is 43.6 Å². The van der Waals surface area contributed by atoms with Crippen molar-refractivity contribution in [3.8, 4) is 16.9 Å². The van der Waals surface area contributed by atoms with Crippen LogP contribution in [-0.4, -0.2) is 74.8 Å². The predicted molar refractivity (Wildman–Crippen MR) is 141 cm³/mol. The molecule has 2 aromatic carbocycles. The normalized spacial score (nSPS) is 16.5. The van der Waals surface area contributed by atoms with E-state index in [4.69, 9.17) is 4.74 Å². The number of piperazine rings is 1. The Labute approximate surface area is 206 Å². The van der Waals surface area contributed by atoms with E-state index in [2.05, 4.69) is 37.6 Å². The molecule has 0 amide bonds. The van der Waals surface area contributed by atoms with E-state index in [0.717, 1.165) is 84.2 Å². The second kappa shape index (κ2) is 10.6. The smallest absolute Gasteiger partial charge is 0.127 e. The summed E-state index contributed by atoms with van der Waals surface area (Å²) in [7, 11) is 3.68. The van der Waals surface area contributed by atoms with E-state index < -0.39 is 0 Å². The molecule has 5 rings (SSSR count). The number of nitrogens with zero attached hydrogens (tertiary/aromatic N) is 2. The average molecular weight is 476 g/mol. The summed E-state index contributed by atoms with van der Waals surface area (Å²) in [6, 6.07) is 13.6. The molecule has 0 atom stereocenters. The van der Waals surface area contributed by atoms with Crippen LogP contribution in [0.2, 0.25) is 0 Å². The summed E-state index contributed by atoms with van der Waals surface area (Å²) in [5.74, 6) is 1.70. The van der Waals surface area contributed by atoms with Crippen molar-refractivity contribution in [3.05, 3.63) is 71.2 Å². The fraction of sp³-hybridized carbons (Fsp3) is 0.357. The van der Waals surface area contributed by atoms with Gasteiger partial charge in [-0.25, -0.2) is 4.39 Å². The van der Waals surface area contributed by atoms with Gasteiger partial charge in [0.15, 0.2) is 0 Å². The highest BCUT2D eigenvalue weighted by atomic mass is 19.1. The monoisotopic (exact) mass is 475 g/mol. The maximum Gasteiger partial charge on any atom is 0.127 e. The maximum atomic E-state index is 14.8. The Morgan fingerprint density at radius 2 is 1.83 bits per heavy atom. The number of rotatable bonds is 8. The minimum atomic E-state index is -0.132. The average Bonchev–Trinajstić information content (AvgIpc) is 3.32. The summed E-state index contributed by atoms with van der Waals surface area (Å²) < 4.78 is 20.4. The van der Waals surface area contributed by atoms with Crippen LogP contribution in [0.15, 0.2) is 48.7 Å². The van der Waals surface area contributed by atoms with E-state index in [1.54, 1.807) is 13.2 Å². The molecule has 0 radical (unpaired) electrons. The van der Waals surface area contributed by atoms with Crippen LogP contribution < -0.4 is 15.4 Å². The maximum absolute atomic E-state index is 14.8. The lowest BCUT2D eigenvalue weighted by Gasteiger charge is -2.34. The SMILES string of the molecule is CNCCN1CCN(Cc2cc(C3=Cc4c(-c5ccccc5OC)c[nH]c4NC3)ccc2F)CC1. The van der Waals surface area contributed by atoms with Gasteiger partial charge in [0, 0.05) is 80.8 Å². The highest BCUT2D eigenvalue weighted by Gasteiger charge is 2.21. The van der Waals surface area contributed by atoms with Crippen molar-refractivity contribution < 1.29 is 9.13 Å². The first-order valence-electron chi connectivity index (χ1n) is 12.3. The van der Waals surface area contributed by atoms with Crippen LogP contribution in [0.4, 0.5) is 10.2 Å². The zero-order chi connectivity index (χ0) is 24.2. The molecule has 0 unspecified atom stereocenters. The van der Waals surface area contributed by atoms with Gasteiger partial charge < -0.3 is 20.4 Å². The first kappa shape index (κ1) is 23.6. The zero-order valence-electron chi connectivity index (χ0n) is 20.5. The number of fused-ring (bicyclic) bond motifs is 1. The van der Waals surface area contributed by atoms with Crippen LogP contribution in [0.25, 0.3) is 22.8 Å². The summed E-state index contributed by atoms with van der Waals surface area (Å²) in [6.45, 7) is 7.38. The third kappa shape index (κ3) is 5.12. The second-order valence-corrected chi connectivity index (χ2v) is 9.24. The summed E-state index contributed by atoms with van der Waals surface area (Å²) in [6.07, 6.45) is 4.23. The molecule has 0 bridgehead atoms. The van der Waals surface area contributed by atoms with Crippen LogP contribution in [-0.2, 0) is 6.54 Å². The molecule has 7 heteroatoms. The molecule has 3 heterocycles. The van der Waals surface area contributed by atoms with E-state index in [-0.39, 0.29) is 5.82 Å². The molecule has 3 N–H and O–H groups in total. The summed E-state index contributed by atoms with van der Waals surface area (Å²) in [4.78, 5) is 8.17. The van der Waals surface area contributed by atoms with Gasteiger partial charge in [0.05, 0.1) is 7.11 Å². The minimum absolute atomic E-state index is 0.132. The number of anilines is 1. The van der Waals surface area contributed by atoms with Crippen molar-refractivity contribution in [3.63, 3.8) is 0 Å². The molecule has 6 nitrogen and oxygen atoms in total. The summed E-state index contributed by atoms with van der Waals surface area (Å²) >= 11 is 0. The van der Waals surface area contributed by atoms with Gasteiger partial charge in [-0.15, -0.1) is 0 Å². The second-order valence-electron chi connectivity index (χ2n) is 9.24. The lowest BCUT2D eigenvalue weighted by Crippen LogP contribution is -2.47. The number of likely N-dealkylation sites (N-methyl/N-ethyl adjacent to an activating group) is 1. The Bertz CT molecular complexity index is 1200. The van der Waals surface area contributed by atoms with Gasteiger partial charge in [-0.3, -0.25) is 9.80 Å². The molecule has 2 aliphatic heterocycles. The standard InChI is InChI=1S/C28H34FN5O/c1-30-9-10-33-11-13-34(14-12-33)19-22-15-20(7-8-26(22)29)21-16-24-25(18-32-28(24)31-17-21)23-5-3-4-6-27(23)35-2/h3-8,15-16,18,30-32H,9-14,17,19H2,1-2H3. The third-order valence-electron chi connectivity index (χ3n) is 7.05. The molecule has 35 heavy (non-hydrogen) atoms. The molecule has 3 aromatic rings. The van der Waals surface area contributed by atoms with Gasteiger partial charge in [0.2, 0.25) is 0 Å². The number of benzene rings is 2. The largest absolute Gasteiger partial charge is 0.496 e. The van der Waals surface area contributed by atoms with Crippen molar-refractivity contribution in [1.82, 2.24) is 20.1 Å². The molecular formula is C28H34FN5O. The van der Waals surface area contributed by atoms with Gasteiger partial charge in [-0.2, -0.15) is 0 Å². The van der Waals surface area contributed by atoms with Gasteiger partial charge in [0.25, 0.3) is 0 Å². The topological polar surface area (TPSA) is 55.6 Å². The molecule has 2 aliphatic rings. The van der Waals surface area contributed by atoms with Crippen LogP contribution in [0.5, 0.6) is 5.75 Å². The molecular weight excluding hydrogens is 441 g/mol. The zero-order valence-corrected chi connectivity index (χ0v) is 20.5. The van der Waals surface area contributed by atoms with E-state index >= 15 is 0 Å². The van der Waals surface area contributed by atoms with Gasteiger partial charge in [0.1, 0.15) is 17.4 Å². The van der Waals surface area contributed by atoms with E-state index in [1.165, 1.54) is 0 Å². The number of halogens is 1. The van der Waals surface area contributed by atoms with Crippen molar-refractivity contribution in [2.75, 3.05) is 65.3 Å². The third-order valence-corrected chi connectivity index (χ3v) is 7.05. The number of hydrogen-bond acceptors (Lipinski definition) is 5. The Kier molecular flexibility index (Phi) is 7.18. The first-order chi connectivity index (χ1) is 17.2. The van der Waals surface area contributed by atoms with Gasteiger partial charge in [-0.05, 0) is 42.5 Å². The molecule has 184 valence electrons. The number of para-hydroxylation sites is 1. The van der Waals surface area contributed by atoms with E-state index in [0.29, 0.717) is 13.1 Å². The predicted octanol–water partition coefficient (Wildman–Crippen LogP) is 4.13. The first-order valence-corrected chi connectivity index (χ1v) is 12.3. The number of nitrogens with one attached hydrogen (secondary N) is 3. The lowest BCUT2D eigenvalue weighted by molar-refractivity contribution is 0.127. The van der Waals surface area contributed by atoms with Crippen molar-refractivity contribution in [2.45, 2.75) is 6.54 Å². The molecule has 1 fully saturated rings. The number of aromatic nitrogens is 1. The highest BCUT2D eigenvalue weighted by Crippen LogP contribution is 2.39. The summed E-state index contributed by atoms with van der Waals surface area (Å²) in [5.41, 5.74) is 6.18. The number of aromatic amines is 1. The quantitative estimate of drug-likeness (QED) is 0.457. The van der Waals surface area contributed by atoms with Crippen molar-refractivity contribution in [2.24, 2.45) is 0 Å². The van der Waals surface area contributed by atoms with E-state index in [9.17, 15) is 4.39 Å². The van der Waals surface area contributed by atoms with Crippen LogP contribution in [0, 0.1) is 5.82 Å². The fourth-order valence-electron chi connectivity index (χ4n) is 4.99. The van der Waals surface area contributed by atoms with Gasteiger partial charge in [-0.1, -0.05) is 24.3 Å². The Morgan fingerprint density at radius 1 is 1.03 bits per heavy atom. The molecule has 1 aromatic heterocycles. The van der Waals surface area contributed by atoms with Crippen LogP contribution in [0.1, 0.15) is 16.7 Å². The Morgan fingerprint density at radius 3 is 2.63 bits per heavy atom. The number of ether oxygens (including phenoxy) is 1.